The van der Waals surface area contributed by atoms with Gasteiger partial charge < -0.3 is 14.3 Å². The summed E-state index contributed by atoms with van der Waals surface area (Å²) in [6, 6.07) is 3.62. The molecule has 0 bridgehead atoms. The van der Waals surface area contributed by atoms with Gasteiger partial charge >= 0.3 is 5.97 Å². The Bertz CT molecular complexity index is 460. The van der Waals surface area contributed by atoms with Crippen molar-refractivity contribution in [1.29, 1.82) is 0 Å². The molecule has 1 unspecified atom stereocenters. The largest absolute Gasteiger partial charge is 0.463 e. The van der Waals surface area contributed by atoms with Crippen LogP contribution in [0.1, 0.15) is 35.7 Å². The highest BCUT2D eigenvalue weighted by Crippen LogP contribution is 2.24. The fourth-order valence-electron chi connectivity index (χ4n) is 2.71. The van der Waals surface area contributed by atoms with Gasteiger partial charge in [0.1, 0.15) is 5.76 Å². The van der Waals surface area contributed by atoms with E-state index in [1.807, 2.05) is 6.07 Å². The second-order valence-electron chi connectivity index (χ2n) is 5.32. The number of rotatable bonds is 5. The van der Waals surface area contributed by atoms with E-state index in [2.05, 4.69) is 21.5 Å². The van der Waals surface area contributed by atoms with Crippen LogP contribution >= 0.6 is 0 Å². The zero-order valence-corrected chi connectivity index (χ0v) is 12.7. The molecule has 2 heterocycles. The number of hydrogen-bond acceptors (Lipinski definition) is 6. The van der Waals surface area contributed by atoms with Crippen LogP contribution in [0.5, 0.6) is 0 Å². The molecule has 0 radical (unpaired) electrons. The summed E-state index contributed by atoms with van der Waals surface area (Å²) in [6.45, 7) is 6.88. The van der Waals surface area contributed by atoms with E-state index in [-0.39, 0.29) is 18.4 Å². The van der Waals surface area contributed by atoms with Gasteiger partial charge in [0.25, 0.3) is 0 Å². The summed E-state index contributed by atoms with van der Waals surface area (Å²) >= 11 is 0. The summed E-state index contributed by atoms with van der Waals surface area (Å²) in [5.74, 6) is 0.584. The van der Waals surface area contributed by atoms with Gasteiger partial charge in [-0.15, -0.1) is 0 Å². The molecule has 0 amide bonds. The third kappa shape index (κ3) is 4.06. The molecule has 1 aromatic heterocycles. The van der Waals surface area contributed by atoms with E-state index >= 15 is 0 Å². The van der Waals surface area contributed by atoms with Crippen molar-refractivity contribution in [2.24, 2.45) is 0 Å². The van der Waals surface area contributed by atoms with Crippen LogP contribution in [0.2, 0.25) is 0 Å². The number of carbonyl (C=O) groups is 1. The highest BCUT2D eigenvalue weighted by atomic mass is 16.5. The van der Waals surface area contributed by atoms with Crippen molar-refractivity contribution >= 4 is 5.97 Å². The Balaban J connectivity index is 1.97. The minimum Gasteiger partial charge on any atom is -0.463 e. The molecule has 0 spiro atoms. The van der Waals surface area contributed by atoms with Gasteiger partial charge in [-0.1, -0.05) is 0 Å². The van der Waals surface area contributed by atoms with E-state index in [9.17, 15) is 4.79 Å². The molecule has 6 nitrogen and oxygen atoms in total. The molecule has 1 aromatic rings. The van der Waals surface area contributed by atoms with E-state index in [0.717, 1.165) is 44.9 Å². The van der Waals surface area contributed by atoms with E-state index in [1.165, 1.54) is 7.11 Å². The van der Waals surface area contributed by atoms with Gasteiger partial charge in [0.2, 0.25) is 5.76 Å². The Morgan fingerprint density at radius 3 is 2.90 bits per heavy atom. The highest BCUT2D eigenvalue weighted by molar-refractivity contribution is 5.86. The lowest BCUT2D eigenvalue weighted by Crippen LogP contribution is -2.33. The number of esters is 1. The molecular formula is C15H24N2O4. The minimum absolute atomic E-state index is 0.123. The molecule has 1 N–H and O–H groups in total. The van der Waals surface area contributed by atoms with Crippen molar-refractivity contribution in [3.05, 3.63) is 23.7 Å². The first-order valence-corrected chi connectivity index (χ1v) is 7.41. The Kier molecular flexibility index (Phi) is 5.78. The lowest BCUT2D eigenvalue weighted by atomic mass is 10.2. The van der Waals surface area contributed by atoms with E-state index in [1.54, 1.807) is 6.07 Å². The highest BCUT2D eigenvalue weighted by Gasteiger charge is 2.23. The molecule has 0 saturated carbocycles. The molecule has 118 valence electrons. The van der Waals surface area contributed by atoms with Crippen molar-refractivity contribution in [3.63, 3.8) is 0 Å². The fourth-order valence-corrected chi connectivity index (χ4v) is 2.71. The van der Waals surface area contributed by atoms with Crippen LogP contribution in [0.3, 0.4) is 0 Å². The number of aliphatic hydroxyl groups is 1. The quantitative estimate of drug-likeness (QED) is 0.822. The Morgan fingerprint density at radius 1 is 1.38 bits per heavy atom. The number of ether oxygens (including phenoxy) is 1. The average molecular weight is 296 g/mol. The monoisotopic (exact) mass is 296 g/mol. The Labute approximate surface area is 125 Å². The first-order chi connectivity index (χ1) is 10.2. The fraction of sp³-hybridized carbons (Fsp3) is 0.667. The van der Waals surface area contributed by atoms with E-state index in [0.29, 0.717) is 0 Å². The number of β-amino-alcohol motifs (C(OH)–C–C–N with tert-alkyl or cyclic N) is 1. The summed E-state index contributed by atoms with van der Waals surface area (Å²) in [5, 5.41) is 9.03. The maximum absolute atomic E-state index is 11.4. The van der Waals surface area contributed by atoms with Gasteiger partial charge in [-0.3, -0.25) is 9.80 Å². The van der Waals surface area contributed by atoms with Gasteiger partial charge in [-0.05, 0) is 32.0 Å². The SMILES string of the molecule is COC(=O)c1ccc(C(C)N2CCCN(CCO)CC2)o1. The number of furan rings is 1. The maximum atomic E-state index is 11.4. The molecular weight excluding hydrogens is 272 g/mol. The van der Waals surface area contributed by atoms with Gasteiger partial charge in [-0.25, -0.2) is 4.79 Å². The van der Waals surface area contributed by atoms with Crippen molar-refractivity contribution in [2.75, 3.05) is 46.4 Å². The molecule has 1 saturated heterocycles. The van der Waals surface area contributed by atoms with Gasteiger partial charge in [0, 0.05) is 26.2 Å². The van der Waals surface area contributed by atoms with Crippen LogP contribution in [-0.2, 0) is 4.74 Å². The molecule has 6 heteroatoms. The zero-order valence-electron chi connectivity index (χ0n) is 12.7. The number of carbonyl (C=O) groups excluding carboxylic acids is 1. The normalized spacial score (nSPS) is 19.2. The topological polar surface area (TPSA) is 66.2 Å². The molecule has 1 atom stereocenters. The molecule has 1 aliphatic heterocycles. The van der Waals surface area contributed by atoms with Crippen molar-refractivity contribution in [1.82, 2.24) is 9.80 Å². The summed E-state index contributed by atoms with van der Waals surface area (Å²) in [7, 11) is 1.35. The second-order valence-corrected chi connectivity index (χ2v) is 5.32. The lowest BCUT2D eigenvalue weighted by Gasteiger charge is -2.26. The van der Waals surface area contributed by atoms with Crippen molar-refractivity contribution < 1.29 is 19.1 Å². The zero-order chi connectivity index (χ0) is 15.2. The molecule has 0 aliphatic carbocycles. The second kappa shape index (κ2) is 7.59. The van der Waals surface area contributed by atoms with Crippen molar-refractivity contribution in [2.45, 2.75) is 19.4 Å². The standard InChI is InChI=1S/C15H24N2O4/c1-12(13-4-5-14(21-13)15(19)20-2)17-7-3-6-16(8-9-17)10-11-18/h4-5,12,18H,3,6-11H2,1-2H3. The summed E-state index contributed by atoms with van der Waals surface area (Å²) in [6.07, 6.45) is 1.06. The first-order valence-electron chi connectivity index (χ1n) is 7.41. The average Bonchev–Trinajstić information content (AvgIpc) is 2.87. The summed E-state index contributed by atoms with van der Waals surface area (Å²) in [4.78, 5) is 16.1. The van der Waals surface area contributed by atoms with Crippen LogP contribution in [0, 0.1) is 0 Å². The van der Waals surface area contributed by atoms with Crippen LogP contribution in [0.15, 0.2) is 16.5 Å². The number of methoxy groups -OCH3 is 1. The molecule has 2 rings (SSSR count). The van der Waals surface area contributed by atoms with E-state index in [4.69, 9.17) is 9.52 Å². The van der Waals surface area contributed by atoms with E-state index < -0.39 is 5.97 Å². The third-order valence-electron chi connectivity index (χ3n) is 4.01. The number of aliphatic hydroxyl groups excluding tert-OH is 1. The lowest BCUT2D eigenvalue weighted by molar-refractivity contribution is 0.0559. The molecule has 0 aromatic carbocycles. The number of nitrogens with zero attached hydrogens (tertiary/aromatic N) is 2. The smallest absolute Gasteiger partial charge is 0.373 e. The predicted octanol–water partition coefficient (Wildman–Crippen LogP) is 1.13. The van der Waals surface area contributed by atoms with Crippen LogP contribution in [0.25, 0.3) is 0 Å². The van der Waals surface area contributed by atoms with Gasteiger partial charge in [-0.2, -0.15) is 0 Å². The Hall–Kier alpha value is -1.37. The van der Waals surface area contributed by atoms with Crippen molar-refractivity contribution in [3.8, 4) is 0 Å². The third-order valence-corrected chi connectivity index (χ3v) is 4.01. The Morgan fingerprint density at radius 2 is 2.19 bits per heavy atom. The summed E-state index contributed by atoms with van der Waals surface area (Å²) < 4.78 is 10.3. The summed E-state index contributed by atoms with van der Waals surface area (Å²) in [5.41, 5.74) is 0. The maximum Gasteiger partial charge on any atom is 0.373 e. The van der Waals surface area contributed by atoms with Gasteiger partial charge in [0.05, 0.1) is 19.8 Å². The van der Waals surface area contributed by atoms with Crippen LogP contribution in [-0.4, -0.2) is 67.3 Å². The molecule has 21 heavy (non-hydrogen) atoms. The van der Waals surface area contributed by atoms with Gasteiger partial charge in [0.15, 0.2) is 0 Å². The van der Waals surface area contributed by atoms with Crippen LogP contribution in [0.4, 0.5) is 0 Å². The molecule has 1 fully saturated rings. The number of hydrogen-bond donors (Lipinski definition) is 1. The predicted molar refractivity (Wildman–Crippen MR) is 78.2 cm³/mol. The molecule has 1 aliphatic rings. The first kappa shape index (κ1) is 16.0. The van der Waals surface area contributed by atoms with Crippen LogP contribution < -0.4 is 0 Å². The minimum atomic E-state index is -0.446.